The van der Waals surface area contributed by atoms with Gasteiger partial charge in [0.15, 0.2) is 0 Å². The van der Waals surface area contributed by atoms with Gasteiger partial charge in [-0.3, -0.25) is 0 Å². The van der Waals surface area contributed by atoms with Gasteiger partial charge in [-0.25, -0.2) is 9.97 Å². The van der Waals surface area contributed by atoms with Crippen LogP contribution in [0, 0.1) is 0 Å². The molecule has 2 N–H and O–H groups in total. The first kappa shape index (κ1) is 8.80. The lowest BCUT2D eigenvalue weighted by Gasteiger charge is -2.05. The topological polar surface area (TPSA) is 51.8 Å². The van der Waals surface area contributed by atoms with E-state index >= 15 is 0 Å². The van der Waals surface area contributed by atoms with Crippen molar-refractivity contribution in [3.8, 4) is 0 Å². The predicted molar refractivity (Wildman–Crippen MR) is 46.2 cm³/mol. The zero-order valence-corrected chi connectivity index (χ0v) is 8.04. The molecule has 0 amide bonds. The van der Waals surface area contributed by atoms with E-state index in [1.807, 2.05) is 6.92 Å². The van der Waals surface area contributed by atoms with Gasteiger partial charge in [0.2, 0.25) is 22.2 Å². The van der Waals surface area contributed by atoms with E-state index in [2.05, 4.69) is 26.3 Å². The van der Waals surface area contributed by atoms with Crippen molar-refractivity contribution >= 4 is 38.4 Å². The second-order valence-corrected chi connectivity index (χ2v) is 2.99. The number of nitrogen functional groups attached to an aromatic ring is 1. The maximum atomic E-state index is 5.79. The molecule has 0 fully saturated rings. The van der Waals surface area contributed by atoms with Gasteiger partial charge < -0.3 is 5.73 Å². The first-order chi connectivity index (χ1) is 5.15. The minimum absolute atomic E-state index is 0.220. The number of anilines is 1. The van der Waals surface area contributed by atoms with Crippen LogP contribution >= 0.6 is 11.6 Å². The molecule has 0 bridgehead atoms. The first-order valence-electron chi connectivity index (χ1n) is 3.22. The molecule has 1 aromatic rings. The minimum Gasteiger partial charge on any atom is -0.368 e. The first-order valence-corrected chi connectivity index (χ1v) is 4.18. The largest absolute Gasteiger partial charge is 0.368 e. The summed E-state index contributed by atoms with van der Waals surface area (Å²) < 4.78 is 0.782. The van der Waals surface area contributed by atoms with Crippen molar-refractivity contribution in [2.75, 3.05) is 5.73 Å². The molecule has 0 aromatic carbocycles. The fraction of sp³-hybridized carbons (Fsp3) is 0.333. The molecule has 1 heterocycles. The third-order valence-electron chi connectivity index (χ3n) is 1.36. The van der Waals surface area contributed by atoms with Gasteiger partial charge >= 0.3 is 0 Å². The summed E-state index contributed by atoms with van der Waals surface area (Å²) in [6, 6.07) is 0. The molecule has 11 heavy (non-hydrogen) atoms. The third-order valence-corrected chi connectivity index (χ3v) is 2.15. The van der Waals surface area contributed by atoms with Crippen LogP contribution < -0.4 is 10.3 Å². The Hall–Kier alpha value is -0.298. The van der Waals surface area contributed by atoms with E-state index in [9.17, 15) is 0 Å². The molecule has 0 unspecified atom stereocenters. The van der Waals surface area contributed by atoms with Crippen LogP contribution in [0.15, 0.2) is 0 Å². The summed E-state index contributed by atoms with van der Waals surface area (Å²) >= 11 is 8.27. The SMILES string of the molecule is CCc1[c]([Al])nc(N)nc1Cl. The Morgan fingerprint density at radius 1 is 1.55 bits per heavy atom. The lowest BCUT2D eigenvalue weighted by atomic mass is 10.3. The molecule has 0 aliphatic heterocycles. The van der Waals surface area contributed by atoms with Gasteiger partial charge in [-0.1, -0.05) is 18.5 Å². The summed E-state index contributed by atoms with van der Waals surface area (Å²) in [5.74, 6) is 0.220. The smallest absolute Gasteiger partial charge is 0.220 e. The van der Waals surface area contributed by atoms with E-state index in [4.69, 9.17) is 17.3 Å². The monoisotopic (exact) mass is 183 g/mol. The van der Waals surface area contributed by atoms with E-state index in [-0.39, 0.29) is 5.95 Å². The highest BCUT2D eigenvalue weighted by molar-refractivity contribution is 6.36. The number of halogens is 1. The predicted octanol–water partition coefficient (Wildman–Crippen LogP) is 0.0684. The van der Waals surface area contributed by atoms with Crippen molar-refractivity contribution in [1.29, 1.82) is 0 Å². The molecule has 0 saturated heterocycles. The minimum atomic E-state index is 0.220. The molecule has 2 radical (unpaired) electrons. The maximum Gasteiger partial charge on any atom is 0.220 e. The molecule has 1 aromatic heterocycles. The van der Waals surface area contributed by atoms with Crippen LogP contribution in [0.25, 0.3) is 0 Å². The summed E-state index contributed by atoms with van der Waals surface area (Å²) in [6.07, 6.45) is 0.817. The molecule has 0 saturated carbocycles. The van der Waals surface area contributed by atoms with Crippen LogP contribution in [-0.4, -0.2) is 26.3 Å². The van der Waals surface area contributed by atoms with Crippen LogP contribution in [0.4, 0.5) is 5.95 Å². The Labute approximate surface area is 78.4 Å². The van der Waals surface area contributed by atoms with Gasteiger partial charge in [0.25, 0.3) is 0 Å². The van der Waals surface area contributed by atoms with Crippen molar-refractivity contribution in [3.63, 3.8) is 0 Å². The van der Waals surface area contributed by atoms with E-state index in [0.29, 0.717) is 5.15 Å². The Balaban J connectivity index is 3.25. The quantitative estimate of drug-likeness (QED) is 0.495. The molecular formula is C6H7AlClN3. The highest BCUT2D eigenvalue weighted by Crippen LogP contribution is 2.10. The lowest BCUT2D eigenvalue weighted by Crippen LogP contribution is -2.18. The highest BCUT2D eigenvalue weighted by Gasteiger charge is 2.03. The Morgan fingerprint density at radius 3 is 2.64 bits per heavy atom. The van der Waals surface area contributed by atoms with E-state index < -0.39 is 0 Å². The highest BCUT2D eigenvalue weighted by atomic mass is 35.5. The normalized spacial score (nSPS) is 10.0. The summed E-state index contributed by atoms with van der Waals surface area (Å²) in [5, 5.41) is 0.449. The molecule has 0 aliphatic carbocycles. The molecule has 56 valence electrons. The van der Waals surface area contributed by atoms with Gasteiger partial charge in [0, 0.05) is 0 Å². The summed E-state index contributed by atoms with van der Waals surface area (Å²) in [6.45, 7) is 1.99. The molecule has 0 aliphatic rings. The summed E-state index contributed by atoms with van der Waals surface area (Å²) in [5.41, 5.74) is 6.30. The molecule has 0 atom stereocenters. The molecule has 1 rings (SSSR count). The average Bonchev–Trinajstić information content (AvgIpc) is 1.85. The number of hydrogen-bond acceptors (Lipinski definition) is 3. The Morgan fingerprint density at radius 2 is 2.18 bits per heavy atom. The van der Waals surface area contributed by atoms with Crippen molar-refractivity contribution in [2.24, 2.45) is 0 Å². The van der Waals surface area contributed by atoms with Crippen molar-refractivity contribution in [3.05, 3.63) is 10.7 Å². The fourth-order valence-corrected chi connectivity index (χ4v) is 1.70. The average molecular weight is 184 g/mol. The Kier molecular flexibility index (Phi) is 2.72. The summed E-state index contributed by atoms with van der Waals surface area (Å²) in [7, 11) is 0. The Bertz CT molecular complexity index is 254. The second-order valence-electron chi connectivity index (χ2n) is 2.09. The van der Waals surface area contributed by atoms with Crippen LogP contribution in [0.3, 0.4) is 0 Å². The fourth-order valence-electron chi connectivity index (χ4n) is 0.817. The van der Waals surface area contributed by atoms with E-state index in [1.165, 1.54) is 0 Å². The van der Waals surface area contributed by atoms with Crippen LogP contribution in [-0.2, 0) is 6.42 Å². The van der Waals surface area contributed by atoms with Crippen LogP contribution in [0.2, 0.25) is 5.15 Å². The van der Waals surface area contributed by atoms with Gasteiger partial charge in [-0.2, -0.15) is 0 Å². The number of nitrogens with zero attached hydrogens (tertiary/aromatic N) is 2. The van der Waals surface area contributed by atoms with Gasteiger partial charge in [-0.05, 0) is 16.5 Å². The molecule has 0 spiro atoms. The molecule has 3 nitrogen and oxygen atoms in total. The van der Waals surface area contributed by atoms with Gasteiger partial charge in [-0.15, -0.1) is 0 Å². The maximum absolute atomic E-state index is 5.79. The number of rotatable bonds is 1. The van der Waals surface area contributed by atoms with E-state index in [1.54, 1.807) is 0 Å². The van der Waals surface area contributed by atoms with Gasteiger partial charge in [0.05, 0.1) is 0 Å². The summed E-state index contributed by atoms with van der Waals surface area (Å²) in [4.78, 5) is 7.77. The number of hydrogen-bond donors (Lipinski definition) is 1. The zero-order chi connectivity index (χ0) is 8.43. The van der Waals surface area contributed by atoms with Crippen molar-refractivity contribution in [2.45, 2.75) is 13.3 Å². The van der Waals surface area contributed by atoms with E-state index in [0.717, 1.165) is 16.5 Å². The molecular weight excluding hydrogens is 177 g/mol. The zero-order valence-electron chi connectivity index (χ0n) is 6.13. The van der Waals surface area contributed by atoms with Gasteiger partial charge in [0.1, 0.15) is 5.15 Å². The molecule has 5 heteroatoms. The van der Waals surface area contributed by atoms with Crippen LogP contribution in [0.5, 0.6) is 0 Å². The number of nitrogens with two attached hydrogens (primary N) is 1. The van der Waals surface area contributed by atoms with Crippen molar-refractivity contribution in [1.82, 2.24) is 9.97 Å². The third kappa shape index (κ3) is 1.84. The van der Waals surface area contributed by atoms with Crippen LogP contribution in [0.1, 0.15) is 12.5 Å². The number of aromatic nitrogens is 2. The lowest BCUT2D eigenvalue weighted by molar-refractivity contribution is 1.08. The second kappa shape index (κ2) is 3.40. The van der Waals surface area contributed by atoms with Crippen molar-refractivity contribution < 1.29 is 0 Å². The standard InChI is InChI=1S/C6H7ClN3.Al/c1-2-4-3-9-6(8)10-5(4)7;/h2H2,1H3,(H2,8,9,10);.